The fourth-order valence-corrected chi connectivity index (χ4v) is 3.83. The van der Waals surface area contributed by atoms with Crippen LogP contribution in [0.25, 0.3) is 4.96 Å². The zero-order valence-electron chi connectivity index (χ0n) is 11.0. The molecule has 0 atom stereocenters. The van der Waals surface area contributed by atoms with E-state index in [4.69, 9.17) is 4.74 Å². The number of ether oxygens (including phenoxy) is 1. The van der Waals surface area contributed by atoms with Gasteiger partial charge in [0.25, 0.3) is 10.0 Å². The number of methoxy groups -OCH3 is 1. The zero-order valence-corrected chi connectivity index (χ0v) is 12.6. The summed E-state index contributed by atoms with van der Waals surface area (Å²) in [5.74, 6) is 0.358. The maximum Gasteiger partial charge on any atom is 0.262 e. The number of nitrogens with zero attached hydrogens (tertiary/aromatic N) is 3. The molecule has 0 unspecified atom stereocenters. The first-order chi connectivity index (χ1) is 9.02. The van der Waals surface area contributed by atoms with E-state index in [0.717, 1.165) is 0 Å². The van der Waals surface area contributed by atoms with E-state index in [1.165, 1.54) is 29.8 Å². The van der Waals surface area contributed by atoms with E-state index in [0.29, 0.717) is 23.9 Å². The molecule has 0 aromatic carbocycles. The summed E-state index contributed by atoms with van der Waals surface area (Å²) < 4.78 is 32.9. The largest absolute Gasteiger partial charge is 0.383 e. The summed E-state index contributed by atoms with van der Waals surface area (Å²) in [6.45, 7) is 0.634. The molecular weight excluding hydrogens is 288 g/mol. The predicted molar refractivity (Wildman–Crippen MR) is 74.3 cm³/mol. The van der Waals surface area contributed by atoms with Gasteiger partial charge in [0.2, 0.25) is 0 Å². The van der Waals surface area contributed by atoms with Crippen molar-refractivity contribution in [3.63, 3.8) is 0 Å². The van der Waals surface area contributed by atoms with Crippen molar-refractivity contribution in [1.82, 2.24) is 13.7 Å². The summed E-state index contributed by atoms with van der Waals surface area (Å²) >= 11 is 1.39. The first kappa shape index (κ1) is 14.3. The Hall–Kier alpha value is -1.16. The van der Waals surface area contributed by atoms with E-state index in [9.17, 15) is 8.42 Å². The Morgan fingerprint density at radius 2 is 2.32 bits per heavy atom. The minimum atomic E-state index is -3.61. The molecule has 0 aliphatic rings. The van der Waals surface area contributed by atoms with Crippen molar-refractivity contribution in [2.75, 3.05) is 39.7 Å². The Morgan fingerprint density at radius 3 is 2.95 bits per heavy atom. The second-order valence-electron chi connectivity index (χ2n) is 3.89. The fourth-order valence-electron chi connectivity index (χ4n) is 1.66. The molecule has 2 heterocycles. The number of likely N-dealkylation sites (N-methyl/N-ethyl adjacent to an activating group) is 1. The lowest BCUT2D eigenvalue weighted by atomic mass is 10.7. The Morgan fingerprint density at radius 1 is 1.58 bits per heavy atom. The minimum absolute atomic E-state index is 0.157. The van der Waals surface area contributed by atoms with Gasteiger partial charge in [-0.05, 0) is 0 Å². The SMILES string of the molecule is CNc1nc2sccn2c1S(=O)(=O)N(C)CCOC. The molecule has 2 aromatic rings. The standard InChI is InChI=1S/C10H16N4O3S2/c1-11-8-9(14-5-7-18-10(14)12-8)19(15,16)13(2)4-6-17-3/h5,7,11H,4,6H2,1-3H3. The van der Waals surface area contributed by atoms with Gasteiger partial charge in [-0.15, -0.1) is 11.3 Å². The van der Waals surface area contributed by atoms with Gasteiger partial charge in [0.15, 0.2) is 15.8 Å². The quantitative estimate of drug-likeness (QED) is 0.850. The highest BCUT2D eigenvalue weighted by atomic mass is 32.2. The number of imidazole rings is 1. The third-order valence-corrected chi connectivity index (χ3v) is 5.36. The summed E-state index contributed by atoms with van der Waals surface area (Å²) in [7, 11) is 1.11. The average Bonchev–Trinajstić information content (AvgIpc) is 2.94. The van der Waals surface area contributed by atoms with Gasteiger partial charge in [-0.25, -0.2) is 13.4 Å². The van der Waals surface area contributed by atoms with Crippen LogP contribution in [0.3, 0.4) is 0 Å². The van der Waals surface area contributed by atoms with Crippen molar-refractivity contribution < 1.29 is 13.2 Å². The van der Waals surface area contributed by atoms with E-state index in [-0.39, 0.29) is 5.03 Å². The van der Waals surface area contributed by atoms with Gasteiger partial charge in [-0.3, -0.25) is 4.40 Å². The Labute approximate surface area is 115 Å². The van der Waals surface area contributed by atoms with Crippen LogP contribution in [0.15, 0.2) is 16.6 Å². The summed E-state index contributed by atoms with van der Waals surface area (Å²) in [4.78, 5) is 4.90. The van der Waals surface area contributed by atoms with Gasteiger partial charge in [0.05, 0.1) is 6.61 Å². The van der Waals surface area contributed by atoms with E-state index in [1.54, 1.807) is 23.0 Å². The number of thiazole rings is 1. The molecule has 1 N–H and O–H groups in total. The Balaban J connectivity index is 2.49. The van der Waals surface area contributed by atoms with Crippen molar-refractivity contribution in [3.05, 3.63) is 11.6 Å². The molecule has 19 heavy (non-hydrogen) atoms. The van der Waals surface area contributed by atoms with Crippen LogP contribution in [0.4, 0.5) is 5.82 Å². The van der Waals surface area contributed by atoms with Crippen molar-refractivity contribution in [3.8, 4) is 0 Å². The zero-order chi connectivity index (χ0) is 14.0. The van der Waals surface area contributed by atoms with Gasteiger partial charge in [0, 0.05) is 39.3 Å². The van der Waals surface area contributed by atoms with Crippen LogP contribution in [0.5, 0.6) is 0 Å². The Bertz CT molecular complexity index is 661. The molecule has 2 aromatic heterocycles. The molecule has 0 saturated heterocycles. The van der Waals surface area contributed by atoms with Gasteiger partial charge in [-0.1, -0.05) is 0 Å². The lowest BCUT2D eigenvalue weighted by Crippen LogP contribution is -2.31. The van der Waals surface area contributed by atoms with Crippen LogP contribution in [-0.2, 0) is 14.8 Å². The number of sulfonamides is 1. The lowest BCUT2D eigenvalue weighted by Gasteiger charge is -2.16. The van der Waals surface area contributed by atoms with E-state index in [1.807, 2.05) is 0 Å². The van der Waals surface area contributed by atoms with Crippen LogP contribution in [0.2, 0.25) is 0 Å². The summed E-state index contributed by atoms with van der Waals surface area (Å²) in [6, 6.07) is 0. The monoisotopic (exact) mass is 304 g/mol. The number of hydrogen-bond donors (Lipinski definition) is 1. The first-order valence-electron chi connectivity index (χ1n) is 5.61. The van der Waals surface area contributed by atoms with Gasteiger partial charge in [0.1, 0.15) is 0 Å². The minimum Gasteiger partial charge on any atom is -0.383 e. The maximum absolute atomic E-state index is 12.6. The molecule has 0 saturated carbocycles. The molecule has 9 heteroatoms. The van der Waals surface area contributed by atoms with E-state index < -0.39 is 10.0 Å². The maximum atomic E-state index is 12.6. The van der Waals surface area contributed by atoms with Crippen LogP contribution in [-0.4, -0.2) is 56.5 Å². The Kier molecular flexibility index (Phi) is 4.09. The third kappa shape index (κ3) is 2.46. The molecule has 0 amide bonds. The molecule has 0 bridgehead atoms. The van der Waals surface area contributed by atoms with Crippen LogP contribution >= 0.6 is 11.3 Å². The normalized spacial score (nSPS) is 12.4. The summed E-state index contributed by atoms with van der Waals surface area (Å²) in [6.07, 6.45) is 1.70. The molecule has 7 nitrogen and oxygen atoms in total. The van der Waals surface area contributed by atoms with Crippen molar-refractivity contribution >= 4 is 32.1 Å². The second-order valence-corrected chi connectivity index (χ2v) is 6.72. The molecular formula is C10H16N4O3S2. The van der Waals surface area contributed by atoms with Gasteiger partial charge in [-0.2, -0.15) is 4.31 Å². The van der Waals surface area contributed by atoms with Gasteiger partial charge < -0.3 is 10.1 Å². The number of nitrogens with one attached hydrogen (secondary N) is 1. The van der Waals surface area contributed by atoms with Crippen LogP contribution < -0.4 is 5.32 Å². The topological polar surface area (TPSA) is 75.9 Å². The lowest BCUT2D eigenvalue weighted by molar-refractivity contribution is 0.185. The second kappa shape index (κ2) is 5.45. The molecule has 0 radical (unpaired) electrons. The molecule has 0 aliphatic heterocycles. The number of fused-ring (bicyclic) bond motifs is 1. The number of anilines is 1. The molecule has 0 aliphatic carbocycles. The first-order valence-corrected chi connectivity index (χ1v) is 7.93. The molecule has 0 spiro atoms. The van der Waals surface area contributed by atoms with Crippen molar-refractivity contribution in [2.24, 2.45) is 0 Å². The summed E-state index contributed by atoms with van der Waals surface area (Å²) in [5, 5.41) is 4.78. The fraction of sp³-hybridized carbons (Fsp3) is 0.500. The van der Waals surface area contributed by atoms with Crippen molar-refractivity contribution in [2.45, 2.75) is 5.03 Å². The van der Waals surface area contributed by atoms with Crippen LogP contribution in [0.1, 0.15) is 0 Å². The molecule has 106 valence electrons. The van der Waals surface area contributed by atoms with E-state index >= 15 is 0 Å². The molecule has 0 fully saturated rings. The van der Waals surface area contributed by atoms with Gasteiger partial charge >= 0.3 is 0 Å². The highest BCUT2D eigenvalue weighted by Crippen LogP contribution is 2.27. The predicted octanol–water partition coefficient (Wildman–Crippen LogP) is 0.704. The average molecular weight is 304 g/mol. The summed E-state index contributed by atoms with van der Waals surface area (Å²) in [5.41, 5.74) is 0. The smallest absolute Gasteiger partial charge is 0.262 e. The number of rotatable bonds is 6. The molecule has 2 rings (SSSR count). The van der Waals surface area contributed by atoms with E-state index in [2.05, 4.69) is 10.3 Å². The highest BCUT2D eigenvalue weighted by molar-refractivity contribution is 7.89. The van der Waals surface area contributed by atoms with Crippen LogP contribution in [0, 0.1) is 0 Å². The number of aromatic nitrogens is 2. The highest BCUT2D eigenvalue weighted by Gasteiger charge is 2.29. The van der Waals surface area contributed by atoms with Crippen molar-refractivity contribution in [1.29, 1.82) is 0 Å². The third-order valence-electron chi connectivity index (χ3n) is 2.72. The number of hydrogen-bond acceptors (Lipinski definition) is 6.